The van der Waals surface area contributed by atoms with Crippen LogP contribution < -0.4 is 10.2 Å². The van der Waals surface area contributed by atoms with Gasteiger partial charge >= 0.3 is 5.97 Å². The van der Waals surface area contributed by atoms with E-state index < -0.39 is 22.8 Å². The Morgan fingerprint density at radius 3 is 2.72 bits per heavy atom. The Balaban J connectivity index is 2.14. The average Bonchev–Trinajstić information content (AvgIpc) is 2.67. The first-order valence-corrected chi connectivity index (χ1v) is 9.76. The van der Waals surface area contributed by atoms with Crippen molar-refractivity contribution in [2.24, 2.45) is 5.92 Å². The molecule has 2 heterocycles. The first-order chi connectivity index (χ1) is 13.8. The second-order valence-corrected chi connectivity index (χ2v) is 7.80. The van der Waals surface area contributed by atoms with Crippen molar-refractivity contribution < 1.29 is 23.8 Å². The van der Waals surface area contributed by atoms with E-state index in [9.17, 15) is 14.7 Å². The minimum Gasteiger partial charge on any atom is -0.492 e. The molecule has 0 spiro atoms. The smallest absolute Gasteiger partial charge is 0.341 e. The Morgan fingerprint density at radius 2 is 2.10 bits per heavy atom. The number of halogens is 2. The van der Waals surface area contributed by atoms with Gasteiger partial charge in [-0.05, 0) is 30.0 Å². The summed E-state index contributed by atoms with van der Waals surface area (Å²) in [6.45, 7) is 4.92. The zero-order valence-electron chi connectivity index (χ0n) is 16.5. The van der Waals surface area contributed by atoms with Gasteiger partial charge in [-0.25, -0.2) is 9.18 Å². The number of ether oxygens (including phenoxy) is 2. The van der Waals surface area contributed by atoms with Crippen molar-refractivity contribution in [3.8, 4) is 17.0 Å². The van der Waals surface area contributed by atoms with Crippen LogP contribution >= 0.6 is 11.6 Å². The highest BCUT2D eigenvalue weighted by Crippen LogP contribution is 2.42. The molecule has 29 heavy (non-hydrogen) atoms. The molecule has 1 aromatic carbocycles. The number of carboxylic acids is 1. The number of hydrogen-bond donors (Lipinski definition) is 1. The Kier molecular flexibility index (Phi) is 6.29. The molecule has 1 N–H and O–H groups in total. The molecular weight excluding hydrogens is 401 g/mol. The van der Waals surface area contributed by atoms with Gasteiger partial charge in [-0.1, -0.05) is 25.4 Å². The lowest BCUT2D eigenvalue weighted by atomic mass is 9.87. The third kappa shape index (κ3) is 4.02. The normalized spacial score (nSPS) is 15.2. The van der Waals surface area contributed by atoms with Crippen molar-refractivity contribution in [1.29, 1.82) is 0 Å². The van der Waals surface area contributed by atoms with Gasteiger partial charge in [-0.3, -0.25) is 4.79 Å². The summed E-state index contributed by atoms with van der Waals surface area (Å²) in [7, 11) is 1.61. The van der Waals surface area contributed by atoms with E-state index in [1.54, 1.807) is 23.8 Å². The van der Waals surface area contributed by atoms with E-state index in [1.165, 1.54) is 6.20 Å². The van der Waals surface area contributed by atoms with Crippen LogP contribution in [0.5, 0.6) is 5.75 Å². The number of pyridine rings is 1. The van der Waals surface area contributed by atoms with Crippen LogP contribution in [0.3, 0.4) is 0 Å². The van der Waals surface area contributed by atoms with Gasteiger partial charge in [0.2, 0.25) is 5.43 Å². The van der Waals surface area contributed by atoms with E-state index in [0.717, 1.165) is 5.56 Å². The molecule has 0 saturated heterocycles. The quantitative estimate of drug-likeness (QED) is 0.676. The predicted octanol–water partition coefficient (Wildman–Crippen LogP) is 4.17. The van der Waals surface area contributed by atoms with Crippen molar-refractivity contribution >= 4 is 17.6 Å². The fraction of sp³-hybridized carbons (Fsp3) is 0.429. The maximum atomic E-state index is 15.1. The number of methoxy groups -OCH3 is 1. The lowest BCUT2D eigenvalue weighted by Crippen LogP contribution is -2.30. The van der Waals surface area contributed by atoms with E-state index in [4.69, 9.17) is 21.1 Å². The van der Waals surface area contributed by atoms with Gasteiger partial charge in [0.25, 0.3) is 0 Å². The molecule has 0 fully saturated rings. The number of aromatic carboxylic acids is 1. The van der Waals surface area contributed by atoms with Crippen molar-refractivity contribution in [3.05, 3.63) is 50.5 Å². The highest BCUT2D eigenvalue weighted by Gasteiger charge is 2.32. The standard InChI is InChI=1S/C21H23ClFNO5/c1-11(2)16-7-12-8-17(29-6-4-5-28-3)15(22)9-13(12)19-18(23)20(25)14(21(26)27)10-24(16)19/h8-11,16H,4-7H2,1-3H3,(H,26,27)/t16-/m0/s1. The molecule has 0 amide bonds. The van der Waals surface area contributed by atoms with Gasteiger partial charge in [0, 0.05) is 37.9 Å². The van der Waals surface area contributed by atoms with Crippen LogP contribution in [0.2, 0.25) is 5.02 Å². The lowest BCUT2D eigenvalue weighted by molar-refractivity contribution is 0.0693. The summed E-state index contributed by atoms with van der Waals surface area (Å²) in [5.74, 6) is -1.97. The Bertz CT molecular complexity index is 1000. The zero-order chi connectivity index (χ0) is 21.3. The molecule has 1 aromatic heterocycles. The zero-order valence-corrected chi connectivity index (χ0v) is 17.3. The molecule has 0 bridgehead atoms. The Labute approximate surface area is 172 Å². The molecule has 2 aromatic rings. The van der Waals surface area contributed by atoms with Gasteiger partial charge < -0.3 is 19.1 Å². The summed E-state index contributed by atoms with van der Waals surface area (Å²) in [5.41, 5.74) is -0.369. The average molecular weight is 424 g/mol. The maximum absolute atomic E-state index is 15.1. The third-order valence-electron chi connectivity index (χ3n) is 5.13. The third-order valence-corrected chi connectivity index (χ3v) is 5.42. The number of benzene rings is 1. The molecule has 0 radical (unpaired) electrons. The second-order valence-electron chi connectivity index (χ2n) is 7.40. The highest BCUT2D eigenvalue weighted by molar-refractivity contribution is 6.32. The van der Waals surface area contributed by atoms with Crippen molar-refractivity contribution in [3.63, 3.8) is 0 Å². The molecule has 8 heteroatoms. The van der Waals surface area contributed by atoms with Gasteiger partial charge in [-0.2, -0.15) is 0 Å². The van der Waals surface area contributed by atoms with E-state index in [0.29, 0.717) is 42.4 Å². The van der Waals surface area contributed by atoms with E-state index in [2.05, 4.69) is 0 Å². The second kappa shape index (κ2) is 8.55. The van der Waals surface area contributed by atoms with Crippen LogP contribution in [0.25, 0.3) is 11.3 Å². The van der Waals surface area contributed by atoms with Gasteiger partial charge in [-0.15, -0.1) is 0 Å². The summed E-state index contributed by atoms with van der Waals surface area (Å²) >= 11 is 6.35. The summed E-state index contributed by atoms with van der Waals surface area (Å²) in [6.07, 6.45) is 2.47. The topological polar surface area (TPSA) is 77.8 Å². The largest absolute Gasteiger partial charge is 0.492 e. The van der Waals surface area contributed by atoms with Crippen LogP contribution in [0.1, 0.15) is 42.2 Å². The number of aromatic nitrogens is 1. The summed E-state index contributed by atoms with van der Waals surface area (Å²) in [6, 6.07) is 3.14. The van der Waals surface area contributed by atoms with Gasteiger partial charge in [0.05, 0.1) is 17.3 Å². The summed E-state index contributed by atoms with van der Waals surface area (Å²) < 4.78 is 27.4. The number of nitrogens with zero attached hydrogens (tertiary/aromatic N) is 1. The van der Waals surface area contributed by atoms with Crippen molar-refractivity contribution in [2.45, 2.75) is 32.7 Å². The maximum Gasteiger partial charge on any atom is 0.341 e. The minimum absolute atomic E-state index is 0.0628. The van der Waals surface area contributed by atoms with Crippen molar-refractivity contribution in [1.82, 2.24) is 4.57 Å². The highest BCUT2D eigenvalue weighted by atomic mass is 35.5. The molecule has 1 aliphatic rings. The number of carboxylic acid groups (broad SMARTS) is 1. The fourth-order valence-corrected chi connectivity index (χ4v) is 3.85. The molecule has 6 nitrogen and oxygen atoms in total. The monoisotopic (exact) mass is 423 g/mol. The van der Waals surface area contributed by atoms with Crippen LogP contribution in [-0.4, -0.2) is 36.0 Å². The van der Waals surface area contributed by atoms with E-state index in [1.807, 2.05) is 13.8 Å². The molecule has 1 aliphatic heterocycles. The fourth-order valence-electron chi connectivity index (χ4n) is 3.63. The van der Waals surface area contributed by atoms with Crippen LogP contribution in [0.15, 0.2) is 23.1 Å². The molecule has 3 rings (SSSR count). The molecule has 0 aliphatic carbocycles. The number of hydrogen-bond acceptors (Lipinski definition) is 4. The van der Waals surface area contributed by atoms with Crippen LogP contribution in [-0.2, 0) is 11.2 Å². The molecule has 0 unspecified atom stereocenters. The minimum atomic E-state index is -1.45. The van der Waals surface area contributed by atoms with Crippen molar-refractivity contribution in [2.75, 3.05) is 20.3 Å². The molecular formula is C21H23ClFNO5. The number of rotatable bonds is 7. The summed E-state index contributed by atoms with van der Waals surface area (Å²) in [4.78, 5) is 23.7. The molecule has 1 atom stereocenters. The molecule has 0 saturated carbocycles. The first-order valence-electron chi connectivity index (χ1n) is 9.38. The van der Waals surface area contributed by atoms with E-state index >= 15 is 4.39 Å². The Morgan fingerprint density at radius 1 is 1.38 bits per heavy atom. The van der Waals surface area contributed by atoms with Gasteiger partial charge in [0.1, 0.15) is 11.3 Å². The number of carbonyl (C=O) groups is 1. The SMILES string of the molecule is COCCCOc1cc2c(cc1Cl)-c1c(F)c(=O)c(C(=O)O)cn1[C@H](C(C)C)C2. The lowest BCUT2D eigenvalue weighted by Gasteiger charge is -2.34. The van der Waals surface area contributed by atoms with Crippen LogP contribution in [0.4, 0.5) is 4.39 Å². The molecule has 156 valence electrons. The predicted molar refractivity (Wildman–Crippen MR) is 108 cm³/mol. The summed E-state index contributed by atoms with van der Waals surface area (Å²) in [5, 5.41) is 9.58. The van der Waals surface area contributed by atoms with Gasteiger partial charge in [0.15, 0.2) is 5.82 Å². The number of fused-ring (bicyclic) bond motifs is 3. The van der Waals surface area contributed by atoms with E-state index in [-0.39, 0.29) is 17.7 Å². The first kappa shape index (κ1) is 21.3. The van der Waals surface area contributed by atoms with Crippen LogP contribution in [0, 0.1) is 11.7 Å². The Hall–Kier alpha value is -2.38.